The number of fused-ring (bicyclic) bond motifs is 1. The van der Waals surface area contributed by atoms with E-state index in [0.29, 0.717) is 13.1 Å². The van der Waals surface area contributed by atoms with Crippen molar-refractivity contribution in [1.29, 1.82) is 0 Å². The molecule has 2 aromatic carbocycles. The molecule has 0 saturated carbocycles. The van der Waals surface area contributed by atoms with Gasteiger partial charge >= 0.3 is 0 Å². The van der Waals surface area contributed by atoms with Crippen LogP contribution in [0.3, 0.4) is 0 Å². The number of amides is 1. The molecular weight excluding hydrogens is 362 g/mol. The minimum atomic E-state index is 0.0578. The highest BCUT2D eigenvalue weighted by Crippen LogP contribution is 2.26. The molecule has 0 aliphatic rings. The van der Waals surface area contributed by atoms with E-state index in [4.69, 9.17) is 0 Å². The van der Waals surface area contributed by atoms with Crippen LogP contribution < -0.4 is 5.32 Å². The molecule has 0 fully saturated rings. The van der Waals surface area contributed by atoms with Crippen molar-refractivity contribution >= 4 is 22.5 Å². The summed E-state index contributed by atoms with van der Waals surface area (Å²) in [6.45, 7) is 4.18. The van der Waals surface area contributed by atoms with Crippen LogP contribution in [0.5, 0.6) is 0 Å². The lowest BCUT2D eigenvalue weighted by Crippen LogP contribution is -2.35. The number of aromatic amines is 2. The second-order valence-electron chi connectivity index (χ2n) is 7.01. The first kappa shape index (κ1) is 18.8. The fourth-order valence-electron chi connectivity index (χ4n) is 3.54. The van der Waals surface area contributed by atoms with Gasteiger partial charge in [-0.05, 0) is 42.8 Å². The zero-order chi connectivity index (χ0) is 20.1. The van der Waals surface area contributed by atoms with E-state index in [1.54, 1.807) is 6.20 Å². The van der Waals surface area contributed by atoms with Gasteiger partial charge in [-0.25, -0.2) is 0 Å². The smallest absolute Gasteiger partial charge is 0.254 e. The molecule has 29 heavy (non-hydrogen) atoms. The van der Waals surface area contributed by atoms with Gasteiger partial charge in [0.1, 0.15) is 0 Å². The monoisotopic (exact) mass is 387 g/mol. The molecule has 0 bridgehead atoms. The van der Waals surface area contributed by atoms with Crippen molar-refractivity contribution in [3.8, 4) is 11.4 Å². The van der Waals surface area contributed by atoms with Crippen LogP contribution in [-0.4, -0.2) is 45.6 Å². The summed E-state index contributed by atoms with van der Waals surface area (Å²) < 4.78 is 0. The molecular formula is C23H25N5O. The molecule has 0 saturated heterocycles. The zero-order valence-corrected chi connectivity index (χ0v) is 16.5. The maximum Gasteiger partial charge on any atom is 0.254 e. The van der Waals surface area contributed by atoms with Gasteiger partial charge in [0.15, 0.2) is 0 Å². The predicted molar refractivity (Wildman–Crippen MR) is 117 cm³/mol. The first-order valence-electron chi connectivity index (χ1n) is 9.96. The van der Waals surface area contributed by atoms with Crippen LogP contribution in [0.15, 0.2) is 66.9 Å². The van der Waals surface area contributed by atoms with Crippen LogP contribution in [0, 0.1) is 0 Å². The van der Waals surface area contributed by atoms with E-state index < -0.39 is 0 Å². The molecule has 0 radical (unpaired) electrons. The highest BCUT2D eigenvalue weighted by molar-refractivity contribution is 6.07. The van der Waals surface area contributed by atoms with Crippen LogP contribution in [0.25, 0.3) is 22.3 Å². The highest BCUT2D eigenvalue weighted by Gasteiger charge is 2.18. The van der Waals surface area contributed by atoms with Gasteiger partial charge in [-0.1, -0.05) is 31.2 Å². The topological polar surface area (TPSA) is 76.8 Å². The Kier molecular flexibility index (Phi) is 5.61. The van der Waals surface area contributed by atoms with Gasteiger partial charge in [0, 0.05) is 48.0 Å². The minimum Gasteiger partial charge on any atom is -0.383 e. The van der Waals surface area contributed by atoms with Crippen molar-refractivity contribution in [3.05, 3.63) is 72.4 Å². The van der Waals surface area contributed by atoms with Crippen molar-refractivity contribution in [1.82, 2.24) is 20.1 Å². The number of nitrogens with zero attached hydrogens (tertiary/aromatic N) is 2. The Morgan fingerprint density at radius 1 is 1.03 bits per heavy atom. The average Bonchev–Trinajstić information content (AvgIpc) is 3.42. The number of H-pyrrole nitrogens is 2. The third-order valence-corrected chi connectivity index (χ3v) is 4.95. The van der Waals surface area contributed by atoms with Gasteiger partial charge in [-0.15, -0.1) is 0 Å². The molecule has 0 atom stereocenters. The fraction of sp³-hybridized carbons (Fsp3) is 0.217. The molecule has 0 aliphatic heterocycles. The third kappa shape index (κ3) is 4.16. The Bertz CT molecular complexity index is 1070. The lowest BCUT2D eigenvalue weighted by molar-refractivity contribution is 0.0764. The Morgan fingerprint density at radius 2 is 1.90 bits per heavy atom. The number of rotatable bonds is 8. The summed E-state index contributed by atoms with van der Waals surface area (Å²) in [4.78, 5) is 18.6. The summed E-state index contributed by atoms with van der Waals surface area (Å²) in [5.41, 5.74) is 4.55. The number of carbonyl (C=O) groups is 1. The van der Waals surface area contributed by atoms with Crippen molar-refractivity contribution in [2.45, 2.75) is 13.3 Å². The SMILES string of the molecule is CCCN(CCNc1ccccc1)C(=O)c1cccc2[nH]c(-c3ccn[nH]3)cc12. The van der Waals surface area contributed by atoms with Crippen LogP contribution in [0.4, 0.5) is 5.69 Å². The summed E-state index contributed by atoms with van der Waals surface area (Å²) in [7, 11) is 0. The number of para-hydroxylation sites is 1. The van der Waals surface area contributed by atoms with Gasteiger partial charge in [0.25, 0.3) is 5.91 Å². The molecule has 4 aromatic rings. The van der Waals surface area contributed by atoms with Gasteiger partial charge < -0.3 is 15.2 Å². The Hall–Kier alpha value is -3.54. The second-order valence-corrected chi connectivity index (χ2v) is 7.01. The lowest BCUT2D eigenvalue weighted by atomic mass is 10.1. The molecule has 0 unspecified atom stereocenters. The Labute approximate surface area is 169 Å². The second kappa shape index (κ2) is 8.65. The van der Waals surface area contributed by atoms with E-state index in [-0.39, 0.29) is 5.91 Å². The largest absolute Gasteiger partial charge is 0.383 e. The summed E-state index contributed by atoms with van der Waals surface area (Å²) in [5.74, 6) is 0.0578. The molecule has 3 N–H and O–H groups in total. The van der Waals surface area contributed by atoms with Crippen LogP contribution in [-0.2, 0) is 0 Å². The van der Waals surface area contributed by atoms with E-state index in [2.05, 4.69) is 27.4 Å². The number of aromatic nitrogens is 3. The molecule has 2 heterocycles. The third-order valence-electron chi connectivity index (χ3n) is 4.95. The van der Waals surface area contributed by atoms with Crippen LogP contribution in [0.2, 0.25) is 0 Å². The number of hydrogen-bond donors (Lipinski definition) is 3. The number of carbonyl (C=O) groups excluding carboxylic acids is 1. The molecule has 2 aromatic heterocycles. The maximum absolute atomic E-state index is 13.4. The van der Waals surface area contributed by atoms with E-state index in [1.165, 1.54) is 0 Å². The van der Waals surface area contributed by atoms with Gasteiger partial charge in [-0.2, -0.15) is 5.10 Å². The van der Waals surface area contributed by atoms with Crippen molar-refractivity contribution < 1.29 is 4.79 Å². The minimum absolute atomic E-state index is 0.0578. The molecule has 148 valence electrons. The molecule has 6 nitrogen and oxygen atoms in total. The first-order valence-corrected chi connectivity index (χ1v) is 9.96. The number of hydrogen-bond acceptors (Lipinski definition) is 3. The zero-order valence-electron chi connectivity index (χ0n) is 16.5. The van der Waals surface area contributed by atoms with Gasteiger partial charge in [-0.3, -0.25) is 9.89 Å². The quantitative estimate of drug-likeness (QED) is 0.416. The van der Waals surface area contributed by atoms with E-state index >= 15 is 0 Å². The summed E-state index contributed by atoms with van der Waals surface area (Å²) in [6.07, 6.45) is 2.63. The van der Waals surface area contributed by atoms with E-state index in [1.807, 2.05) is 65.6 Å². The number of nitrogens with one attached hydrogen (secondary N) is 3. The van der Waals surface area contributed by atoms with Crippen LogP contribution in [0.1, 0.15) is 23.7 Å². The first-order chi connectivity index (χ1) is 14.3. The number of benzene rings is 2. The lowest BCUT2D eigenvalue weighted by Gasteiger charge is -2.23. The standard InChI is InChI=1S/C23H25N5O/c1-2-14-28(15-13-24-17-7-4-3-5-8-17)23(29)18-9-6-10-20-19(18)16-22(26-20)21-11-12-25-27-21/h3-12,16,24,26H,2,13-15H2,1H3,(H,25,27). The fourth-order valence-corrected chi connectivity index (χ4v) is 3.54. The predicted octanol–water partition coefficient (Wildman–Crippen LogP) is 4.52. The van der Waals surface area contributed by atoms with Crippen molar-refractivity contribution in [2.75, 3.05) is 25.0 Å². The summed E-state index contributed by atoms with van der Waals surface area (Å²) in [6, 6.07) is 19.8. The van der Waals surface area contributed by atoms with Gasteiger partial charge in [0.2, 0.25) is 0 Å². The Balaban J connectivity index is 1.54. The molecule has 4 rings (SSSR count). The number of anilines is 1. The van der Waals surface area contributed by atoms with E-state index in [9.17, 15) is 4.79 Å². The normalized spacial score (nSPS) is 10.9. The van der Waals surface area contributed by atoms with Gasteiger partial charge in [0.05, 0.1) is 11.4 Å². The van der Waals surface area contributed by atoms with Crippen molar-refractivity contribution in [2.24, 2.45) is 0 Å². The highest BCUT2D eigenvalue weighted by atomic mass is 16.2. The van der Waals surface area contributed by atoms with Crippen LogP contribution >= 0.6 is 0 Å². The summed E-state index contributed by atoms with van der Waals surface area (Å²) in [5, 5.41) is 11.3. The molecule has 1 amide bonds. The van der Waals surface area contributed by atoms with Crippen molar-refractivity contribution in [3.63, 3.8) is 0 Å². The maximum atomic E-state index is 13.4. The molecule has 0 aliphatic carbocycles. The average molecular weight is 387 g/mol. The molecule has 6 heteroatoms. The Morgan fingerprint density at radius 3 is 2.66 bits per heavy atom. The van der Waals surface area contributed by atoms with E-state index in [0.717, 1.165) is 46.5 Å². The summed E-state index contributed by atoms with van der Waals surface area (Å²) >= 11 is 0. The molecule has 0 spiro atoms.